The van der Waals surface area contributed by atoms with E-state index in [9.17, 15) is 4.79 Å². The van der Waals surface area contributed by atoms with Gasteiger partial charge in [-0.15, -0.1) is 0 Å². The summed E-state index contributed by atoms with van der Waals surface area (Å²) in [7, 11) is 0. The highest BCUT2D eigenvalue weighted by Crippen LogP contribution is 2.19. The highest BCUT2D eigenvalue weighted by molar-refractivity contribution is 8.00. The number of amides is 1. The van der Waals surface area contributed by atoms with Crippen molar-refractivity contribution in [3.63, 3.8) is 0 Å². The molecule has 0 radical (unpaired) electrons. The van der Waals surface area contributed by atoms with E-state index in [4.69, 9.17) is 11.5 Å². The first kappa shape index (κ1) is 14.1. The van der Waals surface area contributed by atoms with Gasteiger partial charge in [0.05, 0.1) is 11.9 Å². The molecule has 6 heteroatoms. The van der Waals surface area contributed by atoms with Gasteiger partial charge in [-0.2, -0.15) is 23.5 Å². The summed E-state index contributed by atoms with van der Waals surface area (Å²) < 4.78 is 0. The van der Waals surface area contributed by atoms with Gasteiger partial charge in [0.2, 0.25) is 5.91 Å². The molecule has 0 heterocycles. The van der Waals surface area contributed by atoms with Crippen molar-refractivity contribution in [2.24, 2.45) is 11.5 Å². The third-order valence-electron chi connectivity index (χ3n) is 1.93. The van der Waals surface area contributed by atoms with E-state index in [0.717, 1.165) is 6.42 Å². The summed E-state index contributed by atoms with van der Waals surface area (Å²) in [5, 5.41) is 2.92. The van der Waals surface area contributed by atoms with Crippen molar-refractivity contribution in [3.8, 4) is 0 Å². The van der Waals surface area contributed by atoms with Crippen molar-refractivity contribution in [2.45, 2.75) is 16.9 Å². The van der Waals surface area contributed by atoms with Crippen molar-refractivity contribution < 1.29 is 4.79 Å². The highest BCUT2D eigenvalue weighted by Gasteiger charge is 2.20. The third kappa shape index (κ3) is 5.09. The lowest BCUT2D eigenvalue weighted by Gasteiger charge is -2.18. The van der Waals surface area contributed by atoms with E-state index in [1.165, 1.54) is 0 Å². The number of rotatable bonds is 7. The second-order valence-corrected chi connectivity index (χ2v) is 4.98. The normalized spacial score (nSPS) is 14.9. The van der Waals surface area contributed by atoms with Crippen molar-refractivity contribution in [2.75, 3.05) is 25.7 Å². The first-order chi connectivity index (χ1) is 6.69. The molecule has 0 bridgehead atoms. The summed E-state index contributed by atoms with van der Waals surface area (Å²) in [6.45, 7) is 0.802. The van der Waals surface area contributed by atoms with Gasteiger partial charge in [-0.05, 0) is 18.9 Å². The quantitative estimate of drug-likeness (QED) is 0.536. The van der Waals surface area contributed by atoms with Gasteiger partial charge in [-0.25, -0.2) is 0 Å². The molecule has 0 fully saturated rings. The Morgan fingerprint density at radius 2 is 2.00 bits per heavy atom. The molecule has 0 aromatic carbocycles. The monoisotopic (exact) mass is 237 g/mol. The average molecular weight is 237 g/mol. The van der Waals surface area contributed by atoms with E-state index in [2.05, 4.69) is 5.32 Å². The van der Waals surface area contributed by atoms with Crippen molar-refractivity contribution in [1.29, 1.82) is 0 Å². The molecule has 84 valence electrons. The molecule has 0 spiro atoms. The van der Waals surface area contributed by atoms with Crippen LogP contribution in [0.4, 0.5) is 0 Å². The number of carbonyl (C=O) groups is 1. The molecule has 0 aliphatic carbocycles. The van der Waals surface area contributed by atoms with Gasteiger partial charge in [0.15, 0.2) is 0 Å². The van der Waals surface area contributed by atoms with E-state index in [1.807, 2.05) is 12.5 Å². The lowest BCUT2D eigenvalue weighted by Crippen LogP contribution is -2.38. The van der Waals surface area contributed by atoms with Gasteiger partial charge < -0.3 is 16.8 Å². The first-order valence-electron chi connectivity index (χ1n) is 4.43. The Hall–Kier alpha value is 0.0900. The fourth-order valence-corrected chi connectivity index (χ4v) is 2.47. The minimum absolute atomic E-state index is 0.00694. The highest BCUT2D eigenvalue weighted by atomic mass is 32.2. The topological polar surface area (TPSA) is 81.1 Å². The average Bonchev–Trinajstić information content (AvgIpc) is 2.20. The zero-order valence-corrected chi connectivity index (χ0v) is 10.3. The number of thioether (sulfide) groups is 2. The summed E-state index contributed by atoms with van der Waals surface area (Å²) in [4.78, 5) is 11.5. The predicted octanol–water partition coefficient (Wildman–Crippen LogP) is -0.169. The van der Waals surface area contributed by atoms with Gasteiger partial charge in [0.1, 0.15) is 0 Å². The number of nitrogens with one attached hydrogen (secondary N) is 1. The number of hydrogen-bond acceptors (Lipinski definition) is 5. The molecule has 0 saturated carbocycles. The Morgan fingerprint density at radius 3 is 2.36 bits per heavy atom. The summed E-state index contributed by atoms with van der Waals surface area (Å²) in [6, 6.07) is 0. The van der Waals surface area contributed by atoms with Crippen LogP contribution in [0.1, 0.15) is 6.42 Å². The SMILES string of the molecule is CSC(CN)CC(SC)C(=O)NCN. The fourth-order valence-electron chi connectivity index (χ4n) is 1.05. The molecule has 4 nitrogen and oxygen atoms in total. The van der Waals surface area contributed by atoms with E-state index in [-0.39, 0.29) is 17.8 Å². The smallest absolute Gasteiger partial charge is 0.234 e. The molecule has 0 aliphatic heterocycles. The van der Waals surface area contributed by atoms with Crippen LogP contribution in [-0.2, 0) is 4.79 Å². The lowest BCUT2D eigenvalue weighted by atomic mass is 10.2. The first-order valence-corrected chi connectivity index (χ1v) is 7.00. The van der Waals surface area contributed by atoms with Crippen LogP contribution >= 0.6 is 23.5 Å². The van der Waals surface area contributed by atoms with Crippen LogP contribution in [0.5, 0.6) is 0 Å². The van der Waals surface area contributed by atoms with E-state index in [0.29, 0.717) is 11.8 Å². The second-order valence-electron chi connectivity index (χ2n) is 2.80. The van der Waals surface area contributed by atoms with Crippen molar-refractivity contribution >= 4 is 29.4 Å². The zero-order valence-electron chi connectivity index (χ0n) is 8.66. The van der Waals surface area contributed by atoms with Gasteiger partial charge in [-0.3, -0.25) is 4.79 Å². The van der Waals surface area contributed by atoms with Gasteiger partial charge in [0, 0.05) is 11.8 Å². The van der Waals surface area contributed by atoms with Crippen molar-refractivity contribution in [3.05, 3.63) is 0 Å². The Morgan fingerprint density at radius 1 is 1.36 bits per heavy atom. The van der Waals surface area contributed by atoms with Crippen LogP contribution in [0.2, 0.25) is 0 Å². The third-order valence-corrected chi connectivity index (χ3v) is 3.95. The fraction of sp³-hybridized carbons (Fsp3) is 0.875. The molecule has 0 aliphatic rings. The Bertz CT molecular complexity index is 165. The van der Waals surface area contributed by atoms with Gasteiger partial charge >= 0.3 is 0 Å². The molecule has 14 heavy (non-hydrogen) atoms. The van der Waals surface area contributed by atoms with Crippen molar-refractivity contribution in [1.82, 2.24) is 5.32 Å². The maximum absolute atomic E-state index is 11.5. The maximum atomic E-state index is 11.5. The minimum atomic E-state index is -0.0421. The second kappa shape index (κ2) is 8.40. The Balaban J connectivity index is 4.05. The molecule has 0 aromatic rings. The summed E-state index contributed by atoms with van der Waals surface area (Å²) in [5.74, 6) is 0.00694. The summed E-state index contributed by atoms with van der Waals surface area (Å²) in [5.41, 5.74) is 10.8. The van der Waals surface area contributed by atoms with Crippen LogP contribution in [0.3, 0.4) is 0 Å². The van der Waals surface area contributed by atoms with Crippen LogP contribution in [0.15, 0.2) is 0 Å². The molecule has 0 aromatic heterocycles. The molecule has 2 atom stereocenters. The summed E-state index contributed by atoms with van der Waals surface area (Å²) >= 11 is 3.24. The molecule has 0 rings (SSSR count). The molecule has 5 N–H and O–H groups in total. The van der Waals surface area contributed by atoms with Crippen LogP contribution in [-0.4, -0.2) is 42.1 Å². The lowest BCUT2D eigenvalue weighted by molar-refractivity contribution is -0.120. The van der Waals surface area contributed by atoms with E-state index < -0.39 is 0 Å². The predicted molar refractivity (Wildman–Crippen MR) is 65.5 cm³/mol. The van der Waals surface area contributed by atoms with Crippen LogP contribution in [0.25, 0.3) is 0 Å². The van der Waals surface area contributed by atoms with Gasteiger partial charge in [0.25, 0.3) is 0 Å². The molecular weight excluding hydrogens is 218 g/mol. The minimum Gasteiger partial charge on any atom is -0.343 e. The maximum Gasteiger partial charge on any atom is 0.234 e. The Labute approximate surface area is 93.9 Å². The molecule has 2 unspecified atom stereocenters. The molecule has 1 amide bonds. The van der Waals surface area contributed by atoms with Crippen LogP contribution < -0.4 is 16.8 Å². The summed E-state index contributed by atoms with van der Waals surface area (Å²) in [6.07, 6.45) is 4.73. The molecule has 0 saturated heterocycles. The number of hydrogen-bond donors (Lipinski definition) is 3. The number of carbonyl (C=O) groups excluding carboxylic acids is 1. The number of nitrogens with two attached hydrogens (primary N) is 2. The van der Waals surface area contributed by atoms with E-state index in [1.54, 1.807) is 23.5 Å². The van der Waals surface area contributed by atoms with Crippen LogP contribution in [0, 0.1) is 0 Å². The Kier molecular flexibility index (Phi) is 8.46. The molecular formula is C8H19N3OS2. The zero-order chi connectivity index (χ0) is 11.0. The standard InChI is InChI=1S/C8H19N3OS2/c1-13-6(4-9)3-7(14-2)8(12)11-5-10/h6-7H,3-5,9-10H2,1-2H3,(H,11,12). The van der Waals surface area contributed by atoms with E-state index >= 15 is 0 Å². The largest absolute Gasteiger partial charge is 0.343 e. The van der Waals surface area contributed by atoms with Gasteiger partial charge in [-0.1, -0.05) is 0 Å².